The molecule has 1 heterocycles. The van der Waals surface area contributed by atoms with Crippen LogP contribution < -0.4 is 0 Å². The SMILES string of the molecule is C=C(c1ccc(C)cc1C)N1CCCC1. The molecule has 2 rings (SSSR count). The molecule has 0 aliphatic carbocycles. The topological polar surface area (TPSA) is 3.24 Å². The molecule has 1 fully saturated rings. The minimum atomic E-state index is 1.17. The van der Waals surface area contributed by atoms with Crippen molar-refractivity contribution in [1.82, 2.24) is 4.90 Å². The van der Waals surface area contributed by atoms with E-state index < -0.39 is 0 Å². The fraction of sp³-hybridized carbons (Fsp3) is 0.429. The van der Waals surface area contributed by atoms with E-state index in [0.29, 0.717) is 0 Å². The Balaban J connectivity index is 2.24. The van der Waals surface area contributed by atoms with E-state index in [1.165, 1.54) is 48.3 Å². The Morgan fingerprint density at radius 3 is 2.47 bits per heavy atom. The van der Waals surface area contributed by atoms with Gasteiger partial charge in [-0.15, -0.1) is 0 Å². The monoisotopic (exact) mass is 201 g/mol. The van der Waals surface area contributed by atoms with Crippen LogP contribution in [0.2, 0.25) is 0 Å². The van der Waals surface area contributed by atoms with Gasteiger partial charge in [-0.05, 0) is 32.3 Å². The molecular weight excluding hydrogens is 182 g/mol. The van der Waals surface area contributed by atoms with Gasteiger partial charge in [0.1, 0.15) is 0 Å². The van der Waals surface area contributed by atoms with Crippen LogP contribution in [0.5, 0.6) is 0 Å². The van der Waals surface area contributed by atoms with E-state index in [9.17, 15) is 0 Å². The molecule has 0 radical (unpaired) electrons. The minimum absolute atomic E-state index is 1.17. The first kappa shape index (κ1) is 10.3. The maximum absolute atomic E-state index is 4.22. The maximum Gasteiger partial charge on any atom is 0.0369 e. The van der Waals surface area contributed by atoms with Gasteiger partial charge in [0, 0.05) is 24.4 Å². The number of hydrogen-bond acceptors (Lipinski definition) is 1. The van der Waals surface area contributed by atoms with E-state index in [1.807, 2.05) is 0 Å². The smallest absolute Gasteiger partial charge is 0.0369 e. The molecule has 80 valence electrons. The molecule has 0 N–H and O–H groups in total. The first-order valence-electron chi connectivity index (χ1n) is 5.70. The summed E-state index contributed by atoms with van der Waals surface area (Å²) in [7, 11) is 0. The van der Waals surface area contributed by atoms with E-state index in [1.54, 1.807) is 0 Å². The Bertz CT molecular complexity index is 373. The van der Waals surface area contributed by atoms with E-state index in [-0.39, 0.29) is 0 Å². The second kappa shape index (κ2) is 4.09. The second-order valence-corrected chi connectivity index (χ2v) is 4.46. The van der Waals surface area contributed by atoms with Gasteiger partial charge >= 0.3 is 0 Å². The standard InChI is InChI=1S/C14H19N/c1-11-6-7-14(12(2)10-11)13(3)15-8-4-5-9-15/h6-7,10H,3-5,8-9H2,1-2H3. The number of benzene rings is 1. The van der Waals surface area contributed by atoms with Gasteiger partial charge in [-0.3, -0.25) is 0 Å². The van der Waals surface area contributed by atoms with Crippen LogP contribution in [0, 0.1) is 13.8 Å². The lowest BCUT2D eigenvalue weighted by Gasteiger charge is -2.22. The number of rotatable bonds is 2. The van der Waals surface area contributed by atoms with E-state index in [2.05, 4.69) is 43.5 Å². The molecule has 0 unspecified atom stereocenters. The molecule has 15 heavy (non-hydrogen) atoms. The third-order valence-corrected chi connectivity index (χ3v) is 3.18. The van der Waals surface area contributed by atoms with E-state index >= 15 is 0 Å². The van der Waals surface area contributed by atoms with Crippen LogP contribution in [0.15, 0.2) is 24.8 Å². The molecular formula is C14H19N. The van der Waals surface area contributed by atoms with Crippen molar-refractivity contribution in [3.8, 4) is 0 Å². The van der Waals surface area contributed by atoms with E-state index in [4.69, 9.17) is 0 Å². The van der Waals surface area contributed by atoms with Crippen molar-refractivity contribution >= 4 is 5.70 Å². The third kappa shape index (κ3) is 2.06. The van der Waals surface area contributed by atoms with Crippen molar-refractivity contribution < 1.29 is 0 Å². The van der Waals surface area contributed by atoms with Crippen LogP contribution in [-0.2, 0) is 0 Å². The summed E-state index contributed by atoms with van der Waals surface area (Å²) in [5, 5.41) is 0. The zero-order valence-corrected chi connectivity index (χ0v) is 9.71. The van der Waals surface area contributed by atoms with Crippen LogP contribution in [-0.4, -0.2) is 18.0 Å². The van der Waals surface area contributed by atoms with Gasteiger partial charge in [-0.25, -0.2) is 0 Å². The zero-order valence-electron chi connectivity index (χ0n) is 9.71. The highest BCUT2D eigenvalue weighted by Crippen LogP contribution is 2.25. The van der Waals surface area contributed by atoms with Gasteiger partial charge in [0.15, 0.2) is 0 Å². The van der Waals surface area contributed by atoms with Crippen LogP contribution >= 0.6 is 0 Å². The van der Waals surface area contributed by atoms with Crippen molar-refractivity contribution in [2.24, 2.45) is 0 Å². The van der Waals surface area contributed by atoms with Gasteiger partial charge in [-0.2, -0.15) is 0 Å². The highest BCUT2D eigenvalue weighted by atomic mass is 15.1. The predicted molar refractivity (Wildman–Crippen MR) is 65.8 cm³/mol. The van der Waals surface area contributed by atoms with Gasteiger partial charge in [0.2, 0.25) is 0 Å². The van der Waals surface area contributed by atoms with Crippen molar-refractivity contribution in [3.63, 3.8) is 0 Å². The molecule has 1 nitrogen and oxygen atoms in total. The average Bonchev–Trinajstić information content (AvgIpc) is 2.69. The number of aryl methyl sites for hydroxylation is 2. The largest absolute Gasteiger partial charge is 0.372 e. The van der Waals surface area contributed by atoms with Crippen molar-refractivity contribution in [2.75, 3.05) is 13.1 Å². The summed E-state index contributed by atoms with van der Waals surface area (Å²) in [6.07, 6.45) is 2.62. The molecule has 1 saturated heterocycles. The summed E-state index contributed by atoms with van der Waals surface area (Å²) in [6.45, 7) is 10.9. The Morgan fingerprint density at radius 1 is 1.20 bits per heavy atom. The molecule has 0 bridgehead atoms. The second-order valence-electron chi connectivity index (χ2n) is 4.46. The maximum atomic E-state index is 4.22. The quantitative estimate of drug-likeness (QED) is 0.709. The number of hydrogen-bond donors (Lipinski definition) is 0. The summed E-state index contributed by atoms with van der Waals surface area (Å²) in [6, 6.07) is 6.60. The van der Waals surface area contributed by atoms with Crippen molar-refractivity contribution in [2.45, 2.75) is 26.7 Å². The lowest BCUT2D eigenvalue weighted by Crippen LogP contribution is -2.17. The van der Waals surface area contributed by atoms with Crippen molar-refractivity contribution in [3.05, 3.63) is 41.5 Å². The summed E-state index contributed by atoms with van der Waals surface area (Å²) in [5.74, 6) is 0. The Hall–Kier alpha value is -1.24. The molecule has 0 amide bonds. The fourth-order valence-corrected chi connectivity index (χ4v) is 2.29. The molecule has 0 spiro atoms. The Morgan fingerprint density at radius 2 is 1.87 bits per heavy atom. The molecule has 1 aliphatic heterocycles. The molecule has 1 heteroatoms. The first-order chi connectivity index (χ1) is 7.18. The van der Waals surface area contributed by atoms with E-state index in [0.717, 1.165) is 0 Å². The van der Waals surface area contributed by atoms with Crippen LogP contribution in [0.1, 0.15) is 29.5 Å². The van der Waals surface area contributed by atoms with Crippen LogP contribution in [0.4, 0.5) is 0 Å². The average molecular weight is 201 g/mol. The number of likely N-dealkylation sites (tertiary alicyclic amines) is 1. The van der Waals surface area contributed by atoms with Gasteiger partial charge in [-0.1, -0.05) is 30.3 Å². The first-order valence-corrected chi connectivity index (χ1v) is 5.70. The fourth-order valence-electron chi connectivity index (χ4n) is 2.29. The molecule has 0 saturated carbocycles. The highest BCUT2D eigenvalue weighted by Gasteiger charge is 2.15. The van der Waals surface area contributed by atoms with Crippen molar-refractivity contribution in [1.29, 1.82) is 0 Å². The number of nitrogens with zero attached hydrogens (tertiary/aromatic N) is 1. The minimum Gasteiger partial charge on any atom is -0.372 e. The summed E-state index contributed by atoms with van der Waals surface area (Å²) >= 11 is 0. The normalized spacial score (nSPS) is 15.7. The van der Waals surface area contributed by atoms with Gasteiger partial charge in [0.25, 0.3) is 0 Å². The Kier molecular flexibility index (Phi) is 2.81. The van der Waals surface area contributed by atoms with Crippen LogP contribution in [0.25, 0.3) is 5.70 Å². The summed E-state index contributed by atoms with van der Waals surface area (Å²) in [5.41, 5.74) is 5.17. The van der Waals surface area contributed by atoms with Crippen LogP contribution in [0.3, 0.4) is 0 Å². The highest BCUT2D eigenvalue weighted by molar-refractivity contribution is 5.65. The molecule has 1 aliphatic rings. The lowest BCUT2D eigenvalue weighted by molar-refractivity contribution is 0.494. The summed E-state index contributed by atoms with van der Waals surface area (Å²) in [4.78, 5) is 2.40. The predicted octanol–water partition coefficient (Wildman–Crippen LogP) is 3.37. The van der Waals surface area contributed by atoms with Gasteiger partial charge in [0.05, 0.1) is 0 Å². The third-order valence-electron chi connectivity index (χ3n) is 3.18. The molecule has 1 aromatic rings. The molecule has 0 aromatic heterocycles. The summed E-state index contributed by atoms with van der Waals surface area (Å²) < 4.78 is 0. The lowest BCUT2D eigenvalue weighted by atomic mass is 10.0. The van der Waals surface area contributed by atoms with Gasteiger partial charge < -0.3 is 4.90 Å². The molecule has 1 aromatic carbocycles. The zero-order chi connectivity index (χ0) is 10.8. The molecule has 0 atom stereocenters. The Labute approximate surface area is 92.4 Å².